The Bertz CT molecular complexity index is 430. The normalized spacial score (nSPS) is 18.7. The number of aliphatic hydroxyl groups is 1. The molecule has 0 saturated carbocycles. The first kappa shape index (κ1) is 12.7. The number of pyridine rings is 1. The molecule has 1 fully saturated rings. The fraction of sp³-hybridized carbons (Fsp3) is 0.545. The van der Waals surface area contributed by atoms with Gasteiger partial charge in [0.25, 0.3) is 5.69 Å². The zero-order valence-electron chi connectivity index (χ0n) is 9.75. The van der Waals surface area contributed by atoms with Crippen molar-refractivity contribution < 1.29 is 14.4 Å². The first-order valence-corrected chi connectivity index (χ1v) is 5.69. The van der Waals surface area contributed by atoms with E-state index in [4.69, 9.17) is 5.11 Å². The Morgan fingerprint density at radius 3 is 2.61 bits per heavy atom. The van der Waals surface area contributed by atoms with Crippen LogP contribution in [0.25, 0.3) is 0 Å². The molecular weight excluding hydrogens is 241 g/mol. The van der Waals surface area contributed by atoms with Gasteiger partial charge in [0.2, 0.25) is 0 Å². The molecule has 0 atom stereocenters. The molecule has 1 aliphatic rings. The molecule has 6 nitrogen and oxygen atoms in total. The number of nitrogens with zero attached hydrogens (tertiary/aromatic N) is 3. The Kier molecular flexibility index (Phi) is 3.42. The van der Waals surface area contributed by atoms with Crippen LogP contribution in [0, 0.1) is 10.1 Å². The number of aliphatic hydroxyl groups excluding tert-OH is 1. The quantitative estimate of drug-likeness (QED) is 0.650. The van der Waals surface area contributed by atoms with E-state index < -0.39 is 17.2 Å². The number of piperidine rings is 1. The lowest BCUT2D eigenvalue weighted by molar-refractivity contribution is -0.385. The van der Waals surface area contributed by atoms with Crippen LogP contribution in [0.1, 0.15) is 12.8 Å². The van der Waals surface area contributed by atoms with Gasteiger partial charge >= 0.3 is 0 Å². The number of aromatic nitrogens is 1. The van der Waals surface area contributed by atoms with Crippen LogP contribution in [0.2, 0.25) is 0 Å². The largest absolute Gasteiger partial charge is 0.393 e. The SMILES string of the molecule is O=[N+]([O-])c1ccc(N2CCC(F)(CO)CC2)nc1. The number of anilines is 1. The van der Waals surface area contributed by atoms with Gasteiger partial charge in [-0.25, -0.2) is 9.37 Å². The topological polar surface area (TPSA) is 79.5 Å². The number of nitro groups is 1. The van der Waals surface area contributed by atoms with Crippen LogP contribution in [0.4, 0.5) is 15.9 Å². The zero-order chi connectivity index (χ0) is 13.2. The highest BCUT2D eigenvalue weighted by Crippen LogP contribution is 2.28. The summed E-state index contributed by atoms with van der Waals surface area (Å²) in [6.45, 7) is 0.429. The summed E-state index contributed by atoms with van der Waals surface area (Å²) in [5, 5.41) is 19.4. The van der Waals surface area contributed by atoms with Crippen molar-refractivity contribution >= 4 is 11.5 Å². The minimum Gasteiger partial charge on any atom is -0.393 e. The summed E-state index contributed by atoms with van der Waals surface area (Å²) in [7, 11) is 0. The second-order valence-electron chi connectivity index (χ2n) is 4.43. The average molecular weight is 255 g/mol. The second-order valence-corrected chi connectivity index (χ2v) is 4.43. The van der Waals surface area contributed by atoms with Gasteiger partial charge in [-0.05, 0) is 6.07 Å². The molecule has 2 heterocycles. The van der Waals surface area contributed by atoms with Crippen molar-refractivity contribution in [2.75, 3.05) is 24.6 Å². The standard InChI is InChI=1S/C11H14FN3O3/c12-11(8-16)3-5-14(6-4-11)10-2-1-9(7-13-10)15(17)18/h1-2,7,16H,3-6,8H2. The molecule has 2 rings (SSSR count). The molecule has 0 unspecified atom stereocenters. The third-order valence-corrected chi connectivity index (χ3v) is 3.21. The summed E-state index contributed by atoms with van der Waals surface area (Å²) >= 11 is 0. The molecule has 1 saturated heterocycles. The highest BCUT2D eigenvalue weighted by atomic mass is 19.1. The van der Waals surface area contributed by atoms with E-state index in [9.17, 15) is 14.5 Å². The minimum atomic E-state index is -1.50. The Hall–Kier alpha value is -1.76. The Labute approximate surface area is 103 Å². The van der Waals surface area contributed by atoms with Crippen molar-refractivity contribution in [3.05, 3.63) is 28.4 Å². The first-order valence-electron chi connectivity index (χ1n) is 5.69. The van der Waals surface area contributed by atoms with Crippen molar-refractivity contribution in [1.82, 2.24) is 4.98 Å². The van der Waals surface area contributed by atoms with Gasteiger partial charge in [0.05, 0.1) is 11.5 Å². The van der Waals surface area contributed by atoms with E-state index in [0.717, 1.165) is 0 Å². The molecule has 1 aromatic heterocycles. The third-order valence-electron chi connectivity index (χ3n) is 3.21. The molecule has 0 spiro atoms. The maximum atomic E-state index is 13.8. The van der Waals surface area contributed by atoms with Gasteiger partial charge in [0, 0.05) is 32.0 Å². The molecule has 1 aliphatic heterocycles. The van der Waals surface area contributed by atoms with Gasteiger partial charge in [0.1, 0.15) is 17.7 Å². The van der Waals surface area contributed by atoms with Gasteiger partial charge in [-0.15, -0.1) is 0 Å². The van der Waals surface area contributed by atoms with E-state index in [0.29, 0.717) is 18.9 Å². The van der Waals surface area contributed by atoms with Gasteiger partial charge in [-0.3, -0.25) is 10.1 Å². The van der Waals surface area contributed by atoms with Gasteiger partial charge in [0.15, 0.2) is 0 Å². The lowest BCUT2D eigenvalue weighted by Gasteiger charge is -2.35. The monoisotopic (exact) mass is 255 g/mol. The highest BCUT2D eigenvalue weighted by molar-refractivity contribution is 5.43. The molecule has 0 radical (unpaired) electrons. The van der Waals surface area contributed by atoms with Gasteiger partial charge < -0.3 is 10.0 Å². The summed E-state index contributed by atoms with van der Waals surface area (Å²) in [5.74, 6) is 0.598. The molecule has 1 N–H and O–H groups in total. The van der Waals surface area contributed by atoms with Crippen molar-refractivity contribution in [2.45, 2.75) is 18.5 Å². The van der Waals surface area contributed by atoms with E-state index in [1.165, 1.54) is 12.3 Å². The van der Waals surface area contributed by atoms with Crippen LogP contribution in [0.3, 0.4) is 0 Å². The molecule has 7 heteroatoms. The Morgan fingerprint density at radius 1 is 1.50 bits per heavy atom. The fourth-order valence-corrected chi connectivity index (χ4v) is 1.97. The zero-order valence-corrected chi connectivity index (χ0v) is 9.75. The molecule has 0 aliphatic carbocycles. The van der Waals surface area contributed by atoms with Crippen LogP contribution < -0.4 is 4.90 Å². The summed E-state index contributed by atoms with van der Waals surface area (Å²) in [5.41, 5.74) is -1.57. The predicted molar refractivity (Wildman–Crippen MR) is 63.3 cm³/mol. The van der Waals surface area contributed by atoms with E-state index in [-0.39, 0.29) is 18.5 Å². The third kappa shape index (κ3) is 2.56. The van der Waals surface area contributed by atoms with Gasteiger partial charge in [-0.1, -0.05) is 0 Å². The smallest absolute Gasteiger partial charge is 0.287 e. The van der Waals surface area contributed by atoms with E-state index in [1.807, 2.05) is 4.90 Å². The maximum Gasteiger partial charge on any atom is 0.287 e. The lowest BCUT2D eigenvalue weighted by atomic mass is 9.94. The molecule has 0 amide bonds. The van der Waals surface area contributed by atoms with Crippen molar-refractivity contribution in [3.63, 3.8) is 0 Å². The number of hydrogen-bond acceptors (Lipinski definition) is 5. The fourth-order valence-electron chi connectivity index (χ4n) is 1.97. The molecule has 98 valence electrons. The summed E-state index contributed by atoms with van der Waals surface area (Å²) in [6, 6.07) is 2.94. The molecule has 1 aromatic rings. The van der Waals surface area contributed by atoms with E-state index >= 15 is 0 Å². The highest BCUT2D eigenvalue weighted by Gasteiger charge is 2.34. The lowest BCUT2D eigenvalue weighted by Crippen LogP contribution is -2.44. The van der Waals surface area contributed by atoms with Crippen LogP contribution >= 0.6 is 0 Å². The number of halogens is 1. The summed E-state index contributed by atoms with van der Waals surface area (Å²) in [6.07, 6.45) is 1.67. The van der Waals surface area contributed by atoms with Crippen molar-refractivity contribution in [1.29, 1.82) is 0 Å². The summed E-state index contributed by atoms with van der Waals surface area (Å²) in [4.78, 5) is 15.8. The molecule has 18 heavy (non-hydrogen) atoms. The Morgan fingerprint density at radius 2 is 2.17 bits per heavy atom. The minimum absolute atomic E-state index is 0.0639. The van der Waals surface area contributed by atoms with Crippen molar-refractivity contribution in [2.24, 2.45) is 0 Å². The number of alkyl halides is 1. The van der Waals surface area contributed by atoms with E-state index in [1.54, 1.807) is 6.07 Å². The van der Waals surface area contributed by atoms with E-state index in [2.05, 4.69) is 4.98 Å². The second kappa shape index (κ2) is 4.85. The molecule has 0 bridgehead atoms. The maximum absolute atomic E-state index is 13.8. The van der Waals surface area contributed by atoms with Gasteiger partial charge in [-0.2, -0.15) is 0 Å². The number of hydrogen-bond donors (Lipinski definition) is 1. The van der Waals surface area contributed by atoms with Crippen molar-refractivity contribution in [3.8, 4) is 0 Å². The van der Waals surface area contributed by atoms with Crippen LogP contribution in [0.15, 0.2) is 18.3 Å². The summed E-state index contributed by atoms with van der Waals surface area (Å²) < 4.78 is 13.8. The molecular formula is C11H14FN3O3. The van der Waals surface area contributed by atoms with Crippen LogP contribution in [-0.4, -0.2) is 40.4 Å². The number of rotatable bonds is 3. The Balaban J connectivity index is 2.03. The predicted octanol–water partition coefficient (Wildman–Crippen LogP) is 1.29. The van der Waals surface area contributed by atoms with Crippen LogP contribution in [0.5, 0.6) is 0 Å². The molecule has 0 aromatic carbocycles. The first-order chi connectivity index (χ1) is 8.54. The van der Waals surface area contributed by atoms with Crippen LogP contribution in [-0.2, 0) is 0 Å². The average Bonchev–Trinajstić information content (AvgIpc) is 2.40.